The summed E-state index contributed by atoms with van der Waals surface area (Å²) in [6.07, 6.45) is 4.79. The topological polar surface area (TPSA) is 76.9 Å². The predicted molar refractivity (Wildman–Crippen MR) is 124 cm³/mol. The number of amides is 1. The number of halogens is 1. The normalized spacial score (nSPS) is 19.0. The molecule has 1 amide bonds. The Morgan fingerprint density at radius 2 is 2.10 bits per heavy atom. The molecule has 1 unspecified atom stereocenters. The molecule has 0 spiro atoms. The number of aromatic nitrogens is 1. The van der Waals surface area contributed by atoms with Crippen LogP contribution in [0.3, 0.4) is 0 Å². The van der Waals surface area contributed by atoms with Crippen molar-refractivity contribution < 1.29 is 15.0 Å². The van der Waals surface area contributed by atoms with Crippen molar-refractivity contribution in [2.75, 3.05) is 24.5 Å². The van der Waals surface area contributed by atoms with Crippen molar-refractivity contribution in [1.29, 1.82) is 0 Å². The number of nitrogens with zero attached hydrogens (tertiary/aromatic N) is 3. The Labute approximate surface area is 189 Å². The smallest absolute Gasteiger partial charge is 0.407 e. The molecule has 2 aromatic heterocycles. The van der Waals surface area contributed by atoms with E-state index in [1.165, 1.54) is 16.2 Å². The number of rotatable bonds is 3. The summed E-state index contributed by atoms with van der Waals surface area (Å²) in [6.45, 7) is 2.02. The van der Waals surface area contributed by atoms with Crippen molar-refractivity contribution in [3.63, 3.8) is 0 Å². The molecular weight excluding hydrogens is 434 g/mol. The molecule has 0 bridgehead atoms. The Bertz CT molecular complexity index is 1150. The van der Waals surface area contributed by atoms with Gasteiger partial charge in [0.05, 0.1) is 16.8 Å². The van der Waals surface area contributed by atoms with Gasteiger partial charge in [0.25, 0.3) is 0 Å². The van der Waals surface area contributed by atoms with Gasteiger partial charge < -0.3 is 20.0 Å². The van der Waals surface area contributed by atoms with Gasteiger partial charge in [0.15, 0.2) is 0 Å². The molecule has 2 aliphatic rings. The quantitative estimate of drug-likeness (QED) is 0.578. The predicted octanol–water partition coefficient (Wildman–Crippen LogP) is 5.00. The highest BCUT2D eigenvalue weighted by molar-refractivity contribution is 7.19. The van der Waals surface area contributed by atoms with Crippen LogP contribution in [0, 0.1) is 0 Å². The highest BCUT2D eigenvalue weighted by atomic mass is 35.5. The van der Waals surface area contributed by atoms with E-state index in [4.69, 9.17) is 11.6 Å². The van der Waals surface area contributed by atoms with Gasteiger partial charge >= 0.3 is 6.09 Å². The molecule has 0 aliphatic carbocycles. The standard InChI is InChI=1S/C23H24ClN3O3S/c24-15-9-14-3-1-8-27(16-4-2-7-26(12-16)23(29)30)21(14)19(10-15)18-5-6-25-20-11-17(13-28)31-22(18)20/h5-6,9-11,16,28H,1-4,7-8,12-13H2,(H,29,30). The van der Waals surface area contributed by atoms with Crippen molar-refractivity contribution in [1.82, 2.24) is 9.88 Å². The third-order valence-electron chi connectivity index (χ3n) is 6.30. The van der Waals surface area contributed by atoms with Crippen molar-refractivity contribution in [2.24, 2.45) is 0 Å². The van der Waals surface area contributed by atoms with Crippen LogP contribution < -0.4 is 4.90 Å². The molecule has 0 radical (unpaired) electrons. The molecule has 162 valence electrons. The van der Waals surface area contributed by atoms with E-state index in [2.05, 4.69) is 16.0 Å². The summed E-state index contributed by atoms with van der Waals surface area (Å²) in [7, 11) is 0. The summed E-state index contributed by atoms with van der Waals surface area (Å²) in [5.41, 5.74) is 5.38. The van der Waals surface area contributed by atoms with E-state index in [1.807, 2.05) is 18.2 Å². The Morgan fingerprint density at radius 3 is 2.90 bits per heavy atom. The minimum Gasteiger partial charge on any atom is -0.465 e. The van der Waals surface area contributed by atoms with Crippen molar-refractivity contribution >= 4 is 44.9 Å². The van der Waals surface area contributed by atoms with E-state index in [9.17, 15) is 15.0 Å². The number of pyridine rings is 1. The number of carboxylic acid groups (broad SMARTS) is 1. The first-order valence-electron chi connectivity index (χ1n) is 10.6. The second kappa shape index (κ2) is 8.30. The first kappa shape index (κ1) is 20.5. The van der Waals surface area contributed by atoms with Gasteiger partial charge in [-0.05, 0) is 55.5 Å². The van der Waals surface area contributed by atoms with Crippen LogP contribution in [0.4, 0.5) is 10.5 Å². The fourth-order valence-electron chi connectivity index (χ4n) is 4.97. The van der Waals surface area contributed by atoms with Gasteiger partial charge in [-0.1, -0.05) is 11.6 Å². The number of piperidine rings is 1. The highest BCUT2D eigenvalue weighted by Crippen LogP contribution is 2.44. The maximum atomic E-state index is 11.6. The monoisotopic (exact) mass is 457 g/mol. The molecule has 6 nitrogen and oxygen atoms in total. The van der Waals surface area contributed by atoms with Crippen molar-refractivity contribution in [2.45, 2.75) is 38.3 Å². The Kier molecular flexibility index (Phi) is 5.50. The van der Waals surface area contributed by atoms with Crippen LogP contribution in [0.5, 0.6) is 0 Å². The summed E-state index contributed by atoms with van der Waals surface area (Å²) in [5, 5.41) is 19.8. The zero-order valence-electron chi connectivity index (χ0n) is 17.1. The zero-order valence-corrected chi connectivity index (χ0v) is 18.6. The van der Waals surface area contributed by atoms with Crippen LogP contribution in [0.1, 0.15) is 29.7 Å². The molecule has 31 heavy (non-hydrogen) atoms. The van der Waals surface area contributed by atoms with Gasteiger partial charge in [-0.25, -0.2) is 4.79 Å². The number of fused-ring (bicyclic) bond motifs is 2. The van der Waals surface area contributed by atoms with Crippen LogP contribution in [0.25, 0.3) is 21.3 Å². The van der Waals surface area contributed by atoms with Crippen LogP contribution in [-0.4, -0.2) is 51.9 Å². The molecule has 0 saturated carbocycles. The number of hydrogen-bond donors (Lipinski definition) is 2. The van der Waals surface area contributed by atoms with Gasteiger partial charge in [0.1, 0.15) is 0 Å². The number of aliphatic hydroxyl groups is 1. The van der Waals surface area contributed by atoms with Crippen LogP contribution in [0.15, 0.2) is 30.5 Å². The Balaban J connectivity index is 1.65. The largest absolute Gasteiger partial charge is 0.465 e. The lowest BCUT2D eigenvalue weighted by atomic mass is 9.91. The molecule has 2 N–H and O–H groups in total. The second-order valence-corrected chi connectivity index (χ2v) is 9.80. The number of aryl methyl sites for hydroxylation is 1. The first-order valence-corrected chi connectivity index (χ1v) is 11.8. The highest BCUT2D eigenvalue weighted by Gasteiger charge is 2.32. The molecular formula is C23H24ClN3O3S. The lowest BCUT2D eigenvalue weighted by Crippen LogP contribution is -2.51. The first-order chi connectivity index (χ1) is 15.0. The van der Waals surface area contributed by atoms with Gasteiger partial charge in [0, 0.05) is 58.6 Å². The average Bonchev–Trinajstić information content (AvgIpc) is 3.21. The minimum atomic E-state index is -0.843. The number of benzene rings is 1. The number of hydrogen-bond acceptors (Lipinski definition) is 5. The average molecular weight is 458 g/mol. The van der Waals surface area contributed by atoms with E-state index in [-0.39, 0.29) is 12.6 Å². The van der Waals surface area contributed by atoms with Gasteiger partial charge in [0.2, 0.25) is 0 Å². The van der Waals surface area contributed by atoms with Crippen molar-refractivity contribution in [3.05, 3.63) is 45.9 Å². The summed E-state index contributed by atoms with van der Waals surface area (Å²) in [6, 6.07) is 8.17. The summed E-state index contributed by atoms with van der Waals surface area (Å²) < 4.78 is 1.04. The molecule has 1 atom stereocenters. The summed E-state index contributed by atoms with van der Waals surface area (Å²) in [4.78, 5) is 20.9. The summed E-state index contributed by atoms with van der Waals surface area (Å²) >= 11 is 8.11. The molecule has 5 rings (SSSR count). The lowest BCUT2D eigenvalue weighted by molar-refractivity contribution is 0.129. The third-order valence-corrected chi connectivity index (χ3v) is 7.66. The Hall–Kier alpha value is -2.35. The van der Waals surface area contributed by atoms with E-state index in [1.54, 1.807) is 17.5 Å². The number of carbonyl (C=O) groups is 1. The van der Waals surface area contributed by atoms with E-state index in [0.717, 1.165) is 58.4 Å². The van der Waals surface area contributed by atoms with Gasteiger partial charge in [-0.15, -0.1) is 11.3 Å². The second-order valence-electron chi connectivity index (χ2n) is 8.23. The van der Waals surface area contributed by atoms with Crippen LogP contribution >= 0.6 is 22.9 Å². The summed E-state index contributed by atoms with van der Waals surface area (Å²) in [5.74, 6) is 0. The minimum absolute atomic E-state index is 0.00661. The molecule has 4 heterocycles. The van der Waals surface area contributed by atoms with Gasteiger partial charge in [-0.3, -0.25) is 4.98 Å². The van der Waals surface area contributed by atoms with Crippen molar-refractivity contribution in [3.8, 4) is 11.1 Å². The molecule has 1 aromatic carbocycles. The van der Waals surface area contributed by atoms with Gasteiger partial charge in [-0.2, -0.15) is 0 Å². The molecule has 2 aliphatic heterocycles. The van der Waals surface area contributed by atoms with E-state index < -0.39 is 6.09 Å². The number of aliphatic hydroxyl groups excluding tert-OH is 1. The maximum absolute atomic E-state index is 11.6. The van der Waals surface area contributed by atoms with E-state index >= 15 is 0 Å². The maximum Gasteiger partial charge on any atom is 0.407 e. The molecule has 8 heteroatoms. The fraction of sp³-hybridized carbons (Fsp3) is 0.391. The zero-order chi connectivity index (χ0) is 21.5. The molecule has 3 aromatic rings. The van der Waals surface area contributed by atoms with E-state index in [0.29, 0.717) is 18.1 Å². The molecule has 1 saturated heterocycles. The number of thiophene rings is 1. The van der Waals surface area contributed by atoms with Crippen LogP contribution in [0.2, 0.25) is 5.02 Å². The number of anilines is 1. The SMILES string of the molecule is O=C(O)N1CCCC(N2CCCc3cc(Cl)cc(-c4ccnc5cc(CO)sc45)c32)C1. The third kappa shape index (κ3) is 3.75. The van der Waals surface area contributed by atoms with Crippen LogP contribution in [-0.2, 0) is 13.0 Å². The number of likely N-dealkylation sites (tertiary alicyclic amines) is 1. The molecule has 1 fully saturated rings. The fourth-order valence-corrected chi connectivity index (χ4v) is 6.21. The Morgan fingerprint density at radius 1 is 1.23 bits per heavy atom. The lowest BCUT2D eigenvalue weighted by Gasteiger charge is -2.43.